The summed E-state index contributed by atoms with van der Waals surface area (Å²) in [5.74, 6) is 0. The molecule has 1 rings (SSSR count). The number of hydrogen-bond acceptors (Lipinski definition) is 6. The van der Waals surface area contributed by atoms with Crippen molar-refractivity contribution in [2.45, 2.75) is 45.9 Å². The monoisotopic (exact) mass is 313 g/mol. The highest BCUT2D eigenvalue weighted by Gasteiger charge is 2.19. The Kier molecular flexibility index (Phi) is 7.26. The van der Waals surface area contributed by atoms with Gasteiger partial charge in [0, 0.05) is 46.0 Å². The number of ether oxygens (including phenoxy) is 1. The van der Waals surface area contributed by atoms with Gasteiger partial charge in [-0.2, -0.15) is 0 Å². The van der Waals surface area contributed by atoms with Gasteiger partial charge in [0.2, 0.25) is 0 Å². The van der Waals surface area contributed by atoms with Crippen molar-refractivity contribution in [1.82, 2.24) is 25.2 Å². The molecule has 0 fully saturated rings. The smallest absolute Gasteiger partial charge is 0.410 e. The molecule has 0 aromatic carbocycles. The minimum absolute atomic E-state index is 0.143. The lowest BCUT2D eigenvalue weighted by Crippen LogP contribution is -2.37. The van der Waals surface area contributed by atoms with Gasteiger partial charge in [0.25, 0.3) is 0 Å². The standard InChI is InChI=1S/C14H27N5O3/c1-14(2,3)22-13(21)18(4)8-6-15-10-12-11-19(17-16-12)7-5-9-20/h11,15,20H,5-10H2,1-4H3. The molecule has 0 aliphatic carbocycles. The van der Waals surface area contributed by atoms with E-state index in [1.54, 1.807) is 11.7 Å². The zero-order valence-corrected chi connectivity index (χ0v) is 13.9. The summed E-state index contributed by atoms with van der Waals surface area (Å²) in [4.78, 5) is 13.3. The highest BCUT2D eigenvalue weighted by molar-refractivity contribution is 5.67. The Labute approximate surface area is 131 Å². The molecule has 1 heterocycles. The molecule has 0 aliphatic rings. The van der Waals surface area contributed by atoms with Crippen LogP contribution in [0, 0.1) is 0 Å². The molecule has 0 radical (unpaired) electrons. The lowest BCUT2D eigenvalue weighted by molar-refractivity contribution is 0.0300. The largest absolute Gasteiger partial charge is 0.444 e. The molecule has 1 amide bonds. The number of nitrogens with one attached hydrogen (secondary N) is 1. The SMILES string of the molecule is CN(CCNCc1cn(CCCO)nn1)C(=O)OC(C)(C)C. The van der Waals surface area contributed by atoms with Crippen LogP contribution in [0.5, 0.6) is 0 Å². The maximum Gasteiger partial charge on any atom is 0.410 e. The number of likely N-dealkylation sites (N-methyl/N-ethyl adjacent to an activating group) is 1. The average molecular weight is 313 g/mol. The number of aromatic nitrogens is 3. The first-order valence-corrected chi connectivity index (χ1v) is 7.46. The third-order valence-corrected chi connectivity index (χ3v) is 2.77. The van der Waals surface area contributed by atoms with Crippen molar-refractivity contribution in [2.24, 2.45) is 0 Å². The molecule has 0 spiro atoms. The normalized spacial score (nSPS) is 11.5. The summed E-state index contributed by atoms with van der Waals surface area (Å²) >= 11 is 0. The number of aliphatic hydroxyl groups excluding tert-OH is 1. The molecular formula is C14H27N5O3. The number of rotatable bonds is 8. The van der Waals surface area contributed by atoms with Crippen LogP contribution in [0.3, 0.4) is 0 Å². The number of hydrogen-bond donors (Lipinski definition) is 2. The maximum absolute atomic E-state index is 11.8. The predicted molar refractivity (Wildman–Crippen MR) is 82.3 cm³/mol. The molecule has 2 N–H and O–H groups in total. The van der Waals surface area contributed by atoms with Crippen LogP contribution in [0.2, 0.25) is 0 Å². The molecule has 0 bridgehead atoms. The van der Waals surface area contributed by atoms with Crippen molar-refractivity contribution in [3.8, 4) is 0 Å². The van der Waals surface area contributed by atoms with Gasteiger partial charge in [-0.05, 0) is 27.2 Å². The molecule has 0 aliphatic heterocycles. The van der Waals surface area contributed by atoms with Gasteiger partial charge in [-0.3, -0.25) is 4.68 Å². The second kappa shape index (κ2) is 8.70. The summed E-state index contributed by atoms with van der Waals surface area (Å²) in [5, 5.41) is 20.0. The Morgan fingerprint density at radius 1 is 1.50 bits per heavy atom. The lowest BCUT2D eigenvalue weighted by Gasteiger charge is -2.24. The highest BCUT2D eigenvalue weighted by atomic mass is 16.6. The van der Waals surface area contributed by atoms with Crippen LogP contribution >= 0.6 is 0 Å². The summed E-state index contributed by atoms with van der Waals surface area (Å²) in [6.07, 6.45) is 2.18. The minimum atomic E-state index is -0.480. The van der Waals surface area contributed by atoms with E-state index in [0.29, 0.717) is 32.6 Å². The lowest BCUT2D eigenvalue weighted by atomic mass is 10.2. The summed E-state index contributed by atoms with van der Waals surface area (Å²) in [7, 11) is 1.71. The van der Waals surface area contributed by atoms with Crippen LogP contribution in [-0.4, -0.2) is 63.4 Å². The molecule has 1 aromatic rings. The molecule has 0 saturated carbocycles. The molecule has 8 heteroatoms. The number of amides is 1. The number of carbonyl (C=O) groups excluding carboxylic acids is 1. The second-order valence-corrected chi connectivity index (χ2v) is 6.13. The van der Waals surface area contributed by atoms with E-state index in [1.807, 2.05) is 27.0 Å². The van der Waals surface area contributed by atoms with E-state index >= 15 is 0 Å². The first kappa shape index (κ1) is 18.4. The van der Waals surface area contributed by atoms with Crippen LogP contribution in [-0.2, 0) is 17.8 Å². The fraction of sp³-hybridized carbons (Fsp3) is 0.786. The highest BCUT2D eigenvalue weighted by Crippen LogP contribution is 2.08. The van der Waals surface area contributed by atoms with E-state index < -0.39 is 5.60 Å². The van der Waals surface area contributed by atoms with Gasteiger partial charge in [-0.1, -0.05) is 5.21 Å². The predicted octanol–water partition coefficient (Wildman–Crippen LogP) is 0.617. The first-order valence-electron chi connectivity index (χ1n) is 7.46. The zero-order chi connectivity index (χ0) is 16.6. The summed E-state index contributed by atoms with van der Waals surface area (Å²) in [5.41, 5.74) is 0.351. The van der Waals surface area contributed by atoms with Gasteiger partial charge in [-0.25, -0.2) is 4.79 Å². The van der Waals surface area contributed by atoms with Crippen molar-refractivity contribution in [1.29, 1.82) is 0 Å². The zero-order valence-electron chi connectivity index (χ0n) is 13.9. The van der Waals surface area contributed by atoms with Gasteiger partial charge < -0.3 is 20.1 Å². The second-order valence-electron chi connectivity index (χ2n) is 6.13. The fourth-order valence-corrected chi connectivity index (χ4v) is 1.66. The number of aliphatic hydroxyl groups is 1. The van der Waals surface area contributed by atoms with Crippen LogP contribution in [0.1, 0.15) is 32.9 Å². The van der Waals surface area contributed by atoms with Gasteiger partial charge in [0.15, 0.2) is 0 Å². The molecule has 0 atom stereocenters. The van der Waals surface area contributed by atoms with E-state index in [-0.39, 0.29) is 12.7 Å². The van der Waals surface area contributed by atoms with Crippen molar-refractivity contribution in [3.05, 3.63) is 11.9 Å². The Balaban J connectivity index is 2.21. The van der Waals surface area contributed by atoms with Crippen LogP contribution in [0.4, 0.5) is 4.79 Å². The van der Waals surface area contributed by atoms with E-state index in [4.69, 9.17) is 9.84 Å². The van der Waals surface area contributed by atoms with Crippen LogP contribution in [0.25, 0.3) is 0 Å². The first-order chi connectivity index (χ1) is 10.3. The van der Waals surface area contributed by atoms with E-state index in [1.165, 1.54) is 4.90 Å². The van der Waals surface area contributed by atoms with Crippen LogP contribution < -0.4 is 5.32 Å². The molecule has 0 saturated heterocycles. The number of aryl methyl sites for hydroxylation is 1. The molecule has 8 nitrogen and oxygen atoms in total. The Morgan fingerprint density at radius 3 is 2.86 bits per heavy atom. The Hall–Kier alpha value is -1.67. The number of nitrogens with zero attached hydrogens (tertiary/aromatic N) is 4. The van der Waals surface area contributed by atoms with E-state index in [2.05, 4.69) is 15.6 Å². The van der Waals surface area contributed by atoms with E-state index in [9.17, 15) is 4.79 Å². The van der Waals surface area contributed by atoms with Crippen molar-refractivity contribution in [3.63, 3.8) is 0 Å². The van der Waals surface area contributed by atoms with E-state index in [0.717, 1.165) is 5.69 Å². The van der Waals surface area contributed by atoms with Crippen molar-refractivity contribution >= 4 is 6.09 Å². The molecule has 1 aromatic heterocycles. The van der Waals surface area contributed by atoms with Gasteiger partial charge >= 0.3 is 6.09 Å². The minimum Gasteiger partial charge on any atom is -0.444 e. The third-order valence-electron chi connectivity index (χ3n) is 2.77. The average Bonchev–Trinajstić information content (AvgIpc) is 2.87. The maximum atomic E-state index is 11.8. The van der Waals surface area contributed by atoms with Crippen molar-refractivity contribution < 1.29 is 14.6 Å². The summed E-state index contributed by atoms with van der Waals surface area (Å²) in [6, 6.07) is 0. The topological polar surface area (TPSA) is 92.5 Å². The number of carbonyl (C=O) groups is 1. The molecular weight excluding hydrogens is 286 g/mol. The summed E-state index contributed by atoms with van der Waals surface area (Å²) in [6.45, 7) is 8.11. The molecule has 22 heavy (non-hydrogen) atoms. The van der Waals surface area contributed by atoms with Gasteiger partial charge in [0.1, 0.15) is 5.60 Å². The summed E-state index contributed by atoms with van der Waals surface area (Å²) < 4.78 is 6.98. The Morgan fingerprint density at radius 2 is 2.23 bits per heavy atom. The Bertz CT molecular complexity index is 456. The van der Waals surface area contributed by atoms with Gasteiger partial charge in [-0.15, -0.1) is 5.10 Å². The van der Waals surface area contributed by atoms with Crippen molar-refractivity contribution in [2.75, 3.05) is 26.7 Å². The fourth-order valence-electron chi connectivity index (χ4n) is 1.66. The molecule has 0 unspecified atom stereocenters. The van der Waals surface area contributed by atoms with Crippen LogP contribution in [0.15, 0.2) is 6.20 Å². The van der Waals surface area contributed by atoms with Gasteiger partial charge in [0.05, 0.1) is 5.69 Å². The molecule has 126 valence electrons. The third kappa shape index (κ3) is 7.37. The quantitative estimate of drug-likeness (QED) is 0.683.